The van der Waals surface area contributed by atoms with E-state index in [1.807, 2.05) is 25.1 Å². The molecule has 0 bridgehead atoms. The maximum Gasteiger partial charge on any atom is 0.254 e. The van der Waals surface area contributed by atoms with E-state index >= 15 is 0 Å². The van der Waals surface area contributed by atoms with Crippen LogP contribution in [-0.4, -0.2) is 21.9 Å². The fourth-order valence-corrected chi connectivity index (χ4v) is 3.29. The summed E-state index contributed by atoms with van der Waals surface area (Å²) in [6.45, 7) is 1.89. The van der Waals surface area contributed by atoms with Crippen LogP contribution in [0.2, 0.25) is 0 Å². The first-order valence-electron chi connectivity index (χ1n) is 8.89. The molecular weight excluding hydrogens is 298 g/mol. The van der Waals surface area contributed by atoms with E-state index in [0.29, 0.717) is 18.0 Å². The number of nitrogens with zero attached hydrogens (tertiary/aromatic N) is 2. The molecule has 0 aliphatic heterocycles. The number of hydrogen-bond acceptors (Lipinski definition) is 3. The zero-order chi connectivity index (χ0) is 16.8. The summed E-state index contributed by atoms with van der Waals surface area (Å²) in [6.07, 6.45) is 9.49. The van der Waals surface area contributed by atoms with Gasteiger partial charge in [0.15, 0.2) is 0 Å². The van der Waals surface area contributed by atoms with Crippen LogP contribution >= 0.6 is 0 Å². The number of aromatic nitrogens is 2. The summed E-state index contributed by atoms with van der Waals surface area (Å²) in [5.41, 5.74) is 2.52. The van der Waals surface area contributed by atoms with Gasteiger partial charge in [-0.1, -0.05) is 56.0 Å². The SMILES string of the molecule is Cc1nc(Cc2ccccc2)ncc1C(=O)NC1CCCCCC1. The molecule has 1 fully saturated rings. The lowest BCUT2D eigenvalue weighted by atomic mass is 10.1. The highest BCUT2D eigenvalue weighted by molar-refractivity contribution is 5.95. The average molecular weight is 323 g/mol. The second-order valence-corrected chi connectivity index (χ2v) is 6.61. The molecule has 0 spiro atoms. The number of carbonyl (C=O) groups excluding carboxylic acids is 1. The van der Waals surface area contributed by atoms with Crippen LogP contribution in [0.25, 0.3) is 0 Å². The minimum Gasteiger partial charge on any atom is -0.349 e. The van der Waals surface area contributed by atoms with E-state index in [-0.39, 0.29) is 5.91 Å². The van der Waals surface area contributed by atoms with Crippen molar-refractivity contribution in [2.75, 3.05) is 0 Å². The predicted octanol–water partition coefficient (Wildman–Crippen LogP) is 3.83. The molecule has 1 aromatic carbocycles. The number of benzene rings is 1. The summed E-state index contributed by atoms with van der Waals surface area (Å²) in [5.74, 6) is 0.718. The minimum absolute atomic E-state index is 0.0364. The van der Waals surface area contributed by atoms with Gasteiger partial charge in [0, 0.05) is 18.7 Å². The Labute approximate surface area is 143 Å². The molecule has 24 heavy (non-hydrogen) atoms. The summed E-state index contributed by atoms with van der Waals surface area (Å²) in [4.78, 5) is 21.4. The van der Waals surface area contributed by atoms with Gasteiger partial charge < -0.3 is 5.32 Å². The molecular formula is C20H25N3O. The second kappa shape index (κ2) is 8.04. The van der Waals surface area contributed by atoms with Crippen molar-refractivity contribution in [2.45, 2.75) is 57.9 Å². The van der Waals surface area contributed by atoms with Crippen LogP contribution in [0.15, 0.2) is 36.5 Å². The van der Waals surface area contributed by atoms with Crippen molar-refractivity contribution in [1.29, 1.82) is 0 Å². The maximum atomic E-state index is 12.5. The molecule has 1 aromatic heterocycles. The number of nitrogens with one attached hydrogen (secondary N) is 1. The Bertz CT molecular complexity index is 677. The number of hydrogen-bond donors (Lipinski definition) is 1. The van der Waals surface area contributed by atoms with E-state index in [2.05, 4.69) is 27.4 Å². The fraction of sp³-hybridized carbons (Fsp3) is 0.450. The Morgan fingerprint density at radius 1 is 1.12 bits per heavy atom. The van der Waals surface area contributed by atoms with Gasteiger partial charge in [-0.2, -0.15) is 0 Å². The highest BCUT2D eigenvalue weighted by Crippen LogP contribution is 2.18. The van der Waals surface area contributed by atoms with Gasteiger partial charge in [0.2, 0.25) is 0 Å². The number of amides is 1. The van der Waals surface area contributed by atoms with Crippen molar-refractivity contribution in [2.24, 2.45) is 0 Å². The number of carbonyl (C=O) groups is 1. The first-order valence-corrected chi connectivity index (χ1v) is 8.89. The van der Waals surface area contributed by atoms with Crippen LogP contribution in [0.5, 0.6) is 0 Å². The molecule has 4 nitrogen and oxygen atoms in total. The van der Waals surface area contributed by atoms with E-state index < -0.39 is 0 Å². The largest absolute Gasteiger partial charge is 0.349 e. The molecule has 1 aliphatic carbocycles. The Morgan fingerprint density at radius 2 is 1.83 bits per heavy atom. The summed E-state index contributed by atoms with van der Waals surface area (Å²) >= 11 is 0. The van der Waals surface area contributed by atoms with Crippen molar-refractivity contribution in [3.8, 4) is 0 Å². The van der Waals surface area contributed by atoms with E-state index in [1.165, 1.54) is 31.2 Å². The molecule has 0 saturated heterocycles. The van der Waals surface area contributed by atoms with Crippen LogP contribution in [0, 0.1) is 6.92 Å². The van der Waals surface area contributed by atoms with Crippen molar-refractivity contribution >= 4 is 5.91 Å². The van der Waals surface area contributed by atoms with Crippen LogP contribution < -0.4 is 5.32 Å². The monoisotopic (exact) mass is 323 g/mol. The Balaban J connectivity index is 1.66. The highest BCUT2D eigenvalue weighted by atomic mass is 16.1. The first kappa shape index (κ1) is 16.6. The zero-order valence-electron chi connectivity index (χ0n) is 14.3. The molecule has 4 heteroatoms. The van der Waals surface area contributed by atoms with Crippen molar-refractivity contribution < 1.29 is 4.79 Å². The predicted molar refractivity (Wildman–Crippen MR) is 95.0 cm³/mol. The Kier molecular flexibility index (Phi) is 5.57. The third kappa shape index (κ3) is 4.40. The van der Waals surface area contributed by atoms with E-state index in [0.717, 1.165) is 24.4 Å². The summed E-state index contributed by atoms with van der Waals surface area (Å²) in [5, 5.41) is 3.17. The first-order chi connectivity index (χ1) is 11.7. The van der Waals surface area contributed by atoms with Crippen molar-refractivity contribution in [1.82, 2.24) is 15.3 Å². The van der Waals surface area contributed by atoms with Gasteiger partial charge in [0.25, 0.3) is 5.91 Å². The molecule has 0 unspecified atom stereocenters. The standard InChI is InChI=1S/C20H25N3O/c1-15-18(20(24)23-17-11-7-2-3-8-12-17)14-21-19(22-15)13-16-9-5-4-6-10-16/h4-6,9-10,14,17H,2-3,7-8,11-13H2,1H3,(H,23,24). The van der Waals surface area contributed by atoms with E-state index in [4.69, 9.17) is 0 Å². The lowest BCUT2D eigenvalue weighted by molar-refractivity contribution is 0.0932. The Hall–Kier alpha value is -2.23. The quantitative estimate of drug-likeness (QED) is 0.870. The maximum absolute atomic E-state index is 12.5. The van der Waals surface area contributed by atoms with Gasteiger partial charge in [0.05, 0.1) is 11.3 Å². The topological polar surface area (TPSA) is 54.9 Å². The van der Waals surface area contributed by atoms with Crippen molar-refractivity contribution in [3.63, 3.8) is 0 Å². The van der Waals surface area contributed by atoms with Crippen molar-refractivity contribution in [3.05, 3.63) is 59.2 Å². The third-order valence-corrected chi connectivity index (χ3v) is 4.67. The van der Waals surface area contributed by atoms with Gasteiger partial charge in [-0.05, 0) is 25.3 Å². The molecule has 126 valence electrons. The lowest BCUT2D eigenvalue weighted by Crippen LogP contribution is -2.35. The van der Waals surface area contributed by atoms with E-state index in [1.54, 1.807) is 6.20 Å². The zero-order valence-corrected chi connectivity index (χ0v) is 14.3. The molecule has 1 aliphatic rings. The molecule has 1 N–H and O–H groups in total. The molecule has 0 atom stereocenters. The third-order valence-electron chi connectivity index (χ3n) is 4.67. The molecule has 1 amide bonds. The summed E-state index contributed by atoms with van der Waals surface area (Å²) in [6, 6.07) is 10.4. The second-order valence-electron chi connectivity index (χ2n) is 6.61. The van der Waals surface area contributed by atoms with Gasteiger partial charge >= 0.3 is 0 Å². The van der Waals surface area contributed by atoms with Gasteiger partial charge in [0.1, 0.15) is 5.82 Å². The smallest absolute Gasteiger partial charge is 0.254 e. The minimum atomic E-state index is -0.0364. The van der Waals surface area contributed by atoms with Crippen LogP contribution in [-0.2, 0) is 6.42 Å². The fourth-order valence-electron chi connectivity index (χ4n) is 3.29. The van der Waals surface area contributed by atoms with Crippen LogP contribution in [0.3, 0.4) is 0 Å². The molecule has 2 aromatic rings. The lowest BCUT2D eigenvalue weighted by Gasteiger charge is -2.16. The van der Waals surface area contributed by atoms with Gasteiger partial charge in [-0.25, -0.2) is 9.97 Å². The van der Waals surface area contributed by atoms with Crippen LogP contribution in [0.4, 0.5) is 0 Å². The highest BCUT2D eigenvalue weighted by Gasteiger charge is 2.18. The van der Waals surface area contributed by atoms with Gasteiger partial charge in [-0.3, -0.25) is 4.79 Å². The van der Waals surface area contributed by atoms with Crippen LogP contribution in [0.1, 0.15) is 66.0 Å². The molecule has 1 heterocycles. The molecule has 0 radical (unpaired) electrons. The summed E-state index contributed by atoms with van der Waals surface area (Å²) in [7, 11) is 0. The van der Waals surface area contributed by atoms with E-state index in [9.17, 15) is 4.79 Å². The Morgan fingerprint density at radius 3 is 2.50 bits per heavy atom. The molecule has 1 saturated carbocycles. The number of rotatable bonds is 4. The normalized spacial score (nSPS) is 15.7. The molecule has 3 rings (SSSR count). The van der Waals surface area contributed by atoms with Gasteiger partial charge in [-0.15, -0.1) is 0 Å². The average Bonchev–Trinajstić information content (AvgIpc) is 2.84. The number of aryl methyl sites for hydroxylation is 1. The summed E-state index contributed by atoms with van der Waals surface area (Å²) < 4.78 is 0.